The highest BCUT2D eigenvalue weighted by molar-refractivity contribution is 4.86. The van der Waals surface area contributed by atoms with Crippen molar-refractivity contribution in [2.24, 2.45) is 17.6 Å². The molecule has 1 aliphatic heterocycles. The molecule has 1 aliphatic carbocycles. The zero-order valence-corrected chi connectivity index (χ0v) is 7.05. The van der Waals surface area contributed by atoms with Crippen molar-refractivity contribution < 1.29 is 0 Å². The van der Waals surface area contributed by atoms with Crippen molar-refractivity contribution in [3.8, 4) is 0 Å². The van der Waals surface area contributed by atoms with Gasteiger partial charge in [0, 0.05) is 12.6 Å². The number of hydrogen-bond acceptors (Lipinski definition) is 2. The van der Waals surface area contributed by atoms with E-state index in [1.807, 2.05) is 0 Å². The predicted molar refractivity (Wildman–Crippen MR) is 46.3 cm³/mol. The van der Waals surface area contributed by atoms with Crippen molar-refractivity contribution in [3.05, 3.63) is 0 Å². The van der Waals surface area contributed by atoms with E-state index < -0.39 is 0 Å². The molecule has 0 aromatic heterocycles. The van der Waals surface area contributed by atoms with Gasteiger partial charge in [-0.1, -0.05) is 19.3 Å². The van der Waals surface area contributed by atoms with Gasteiger partial charge in [-0.2, -0.15) is 0 Å². The molecule has 0 unspecified atom stereocenters. The van der Waals surface area contributed by atoms with Crippen LogP contribution in [0.3, 0.4) is 0 Å². The molecule has 0 radical (unpaired) electrons. The second-order valence-electron chi connectivity index (χ2n) is 4.11. The highest BCUT2D eigenvalue weighted by atomic mass is 15.0. The average Bonchev–Trinajstić information content (AvgIpc) is 2.27. The Bertz CT molecular complexity index is 132. The molecule has 0 spiro atoms. The lowest BCUT2D eigenvalue weighted by Gasteiger charge is -2.29. The number of rotatable bonds is 2. The highest BCUT2D eigenvalue weighted by Gasteiger charge is 2.28. The number of hydrogen-bond donors (Lipinski definition) is 2. The van der Waals surface area contributed by atoms with E-state index in [2.05, 4.69) is 5.32 Å². The lowest BCUT2D eigenvalue weighted by molar-refractivity contribution is 0.248. The second kappa shape index (κ2) is 3.11. The summed E-state index contributed by atoms with van der Waals surface area (Å²) in [5.74, 6) is 1.80. The molecule has 1 saturated carbocycles. The van der Waals surface area contributed by atoms with Gasteiger partial charge < -0.3 is 11.1 Å². The zero-order chi connectivity index (χ0) is 7.68. The van der Waals surface area contributed by atoms with E-state index in [0.717, 1.165) is 24.9 Å². The maximum Gasteiger partial charge on any atom is 0.0206 e. The van der Waals surface area contributed by atoms with Gasteiger partial charge in [0.25, 0.3) is 0 Å². The van der Waals surface area contributed by atoms with E-state index in [0.29, 0.717) is 6.04 Å². The summed E-state index contributed by atoms with van der Waals surface area (Å²) >= 11 is 0. The smallest absolute Gasteiger partial charge is 0.0206 e. The fourth-order valence-corrected chi connectivity index (χ4v) is 2.17. The van der Waals surface area contributed by atoms with Crippen molar-refractivity contribution in [2.45, 2.75) is 31.7 Å². The van der Waals surface area contributed by atoms with Crippen LogP contribution in [0.5, 0.6) is 0 Å². The van der Waals surface area contributed by atoms with Crippen molar-refractivity contribution >= 4 is 0 Å². The quantitative estimate of drug-likeness (QED) is 0.615. The van der Waals surface area contributed by atoms with Crippen LogP contribution in [0.25, 0.3) is 0 Å². The van der Waals surface area contributed by atoms with Crippen LogP contribution in [0.15, 0.2) is 0 Å². The summed E-state index contributed by atoms with van der Waals surface area (Å²) in [6, 6.07) is 0.440. The molecular formula is C9H18N2. The Hall–Kier alpha value is -0.0800. The molecule has 2 nitrogen and oxygen atoms in total. The Kier molecular flexibility index (Phi) is 2.14. The molecule has 2 heteroatoms. The van der Waals surface area contributed by atoms with Crippen molar-refractivity contribution in [1.82, 2.24) is 5.32 Å². The maximum absolute atomic E-state index is 5.94. The van der Waals surface area contributed by atoms with Crippen LogP contribution in [0, 0.1) is 11.8 Å². The molecule has 2 rings (SSSR count). The molecular weight excluding hydrogens is 136 g/mol. The van der Waals surface area contributed by atoms with Gasteiger partial charge in [0.1, 0.15) is 0 Å². The van der Waals surface area contributed by atoms with Crippen LogP contribution >= 0.6 is 0 Å². The van der Waals surface area contributed by atoms with Gasteiger partial charge in [-0.15, -0.1) is 0 Å². The van der Waals surface area contributed by atoms with E-state index in [-0.39, 0.29) is 0 Å². The Morgan fingerprint density at radius 1 is 1.27 bits per heavy atom. The molecule has 0 amide bonds. The van der Waals surface area contributed by atoms with Gasteiger partial charge >= 0.3 is 0 Å². The largest absolute Gasteiger partial charge is 0.326 e. The van der Waals surface area contributed by atoms with E-state index in [1.54, 1.807) is 0 Å². The lowest BCUT2D eigenvalue weighted by Crippen LogP contribution is -2.31. The van der Waals surface area contributed by atoms with Crippen molar-refractivity contribution in [2.75, 3.05) is 13.1 Å². The summed E-state index contributed by atoms with van der Waals surface area (Å²) in [5, 5.41) is 3.35. The molecule has 1 saturated heterocycles. The minimum absolute atomic E-state index is 0.440. The Labute approximate surface area is 68.5 Å². The molecule has 0 bridgehead atoms. The van der Waals surface area contributed by atoms with E-state index in [4.69, 9.17) is 5.73 Å². The number of nitrogens with two attached hydrogens (primary N) is 1. The standard InChI is InChI=1S/C9H18N2/c10-9-6-11-5-8(9)4-7-2-1-3-7/h7-9,11H,1-6,10H2/t8-,9+/m1/s1. The first kappa shape index (κ1) is 7.56. The van der Waals surface area contributed by atoms with Crippen LogP contribution in [0.1, 0.15) is 25.7 Å². The molecule has 3 N–H and O–H groups in total. The van der Waals surface area contributed by atoms with Crippen molar-refractivity contribution in [1.29, 1.82) is 0 Å². The van der Waals surface area contributed by atoms with Crippen LogP contribution in [-0.2, 0) is 0 Å². The summed E-state index contributed by atoms with van der Waals surface area (Å²) in [6.07, 6.45) is 5.76. The van der Waals surface area contributed by atoms with Gasteiger partial charge in [0.2, 0.25) is 0 Å². The van der Waals surface area contributed by atoms with Crippen molar-refractivity contribution in [3.63, 3.8) is 0 Å². The average molecular weight is 154 g/mol. The summed E-state index contributed by atoms with van der Waals surface area (Å²) in [6.45, 7) is 2.20. The molecule has 0 aromatic rings. The Balaban J connectivity index is 1.75. The van der Waals surface area contributed by atoms with Crippen LogP contribution < -0.4 is 11.1 Å². The van der Waals surface area contributed by atoms with Gasteiger partial charge in [-0.3, -0.25) is 0 Å². The normalized spacial score (nSPS) is 39.0. The highest BCUT2D eigenvalue weighted by Crippen LogP contribution is 2.33. The summed E-state index contributed by atoms with van der Waals surface area (Å²) in [7, 11) is 0. The summed E-state index contributed by atoms with van der Waals surface area (Å²) < 4.78 is 0. The molecule has 1 heterocycles. The van der Waals surface area contributed by atoms with Crippen LogP contribution in [0.2, 0.25) is 0 Å². The fraction of sp³-hybridized carbons (Fsp3) is 1.00. The molecule has 2 fully saturated rings. The molecule has 0 aromatic carbocycles. The third-order valence-corrected chi connectivity index (χ3v) is 3.25. The predicted octanol–water partition coefficient (Wildman–Crippen LogP) is 0.723. The lowest BCUT2D eigenvalue weighted by atomic mass is 9.78. The Morgan fingerprint density at radius 3 is 2.55 bits per heavy atom. The van der Waals surface area contributed by atoms with Crippen LogP contribution in [0.4, 0.5) is 0 Å². The minimum Gasteiger partial charge on any atom is -0.326 e. The molecule has 2 aliphatic rings. The third kappa shape index (κ3) is 1.57. The topological polar surface area (TPSA) is 38.0 Å². The first-order valence-electron chi connectivity index (χ1n) is 4.82. The number of nitrogens with one attached hydrogen (secondary N) is 1. The molecule has 64 valence electrons. The maximum atomic E-state index is 5.94. The minimum atomic E-state index is 0.440. The Morgan fingerprint density at radius 2 is 2.09 bits per heavy atom. The van der Waals surface area contributed by atoms with Gasteiger partial charge in [0.15, 0.2) is 0 Å². The SMILES string of the molecule is N[C@H]1CNC[C@H]1CC1CCC1. The zero-order valence-electron chi connectivity index (χ0n) is 7.05. The van der Waals surface area contributed by atoms with E-state index in [1.165, 1.54) is 25.7 Å². The molecule has 2 atom stereocenters. The fourth-order valence-electron chi connectivity index (χ4n) is 2.17. The van der Waals surface area contributed by atoms with Gasteiger partial charge in [0.05, 0.1) is 0 Å². The monoisotopic (exact) mass is 154 g/mol. The second-order valence-corrected chi connectivity index (χ2v) is 4.11. The van der Waals surface area contributed by atoms with E-state index >= 15 is 0 Å². The van der Waals surface area contributed by atoms with Crippen LogP contribution in [-0.4, -0.2) is 19.1 Å². The van der Waals surface area contributed by atoms with Gasteiger partial charge in [-0.25, -0.2) is 0 Å². The first-order valence-corrected chi connectivity index (χ1v) is 4.82. The third-order valence-electron chi connectivity index (χ3n) is 3.25. The van der Waals surface area contributed by atoms with Gasteiger partial charge in [-0.05, 0) is 24.8 Å². The summed E-state index contributed by atoms with van der Waals surface area (Å²) in [4.78, 5) is 0. The molecule has 11 heavy (non-hydrogen) atoms. The van der Waals surface area contributed by atoms with E-state index in [9.17, 15) is 0 Å². The summed E-state index contributed by atoms with van der Waals surface area (Å²) in [5.41, 5.74) is 5.94. The first-order chi connectivity index (χ1) is 5.36.